The summed E-state index contributed by atoms with van der Waals surface area (Å²) in [6, 6.07) is 0. The number of allylic oxidation sites excluding steroid dienone is 4. The molecule has 0 aliphatic heterocycles. The average molecular weight is 233 g/mol. The van der Waals surface area contributed by atoms with E-state index in [-0.39, 0.29) is 6.42 Å². The molecule has 16 heavy (non-hydrogen) atoms. The van der Waals surface area contributed by atoms with Crippen LogP contribution in [0.4, 0.5) is 13.2 Å². The Kier molecular flexibility index (Phi) is 5.93. The molecule has 1 nitrogen and oxygen atoms in total. The molecule has 0 aromatic carbocycles. The van der Waals surface area contributed by atoms with E-state index in [9.17, 15) is 13.2 Å². The molecular formula is C12H18F3N. The molecule has 0 aromatic heterocycles. The minimum Gasteiger partial charge on any atom is -0.388 e. The molecule has 1 N–H and O–H groups in total. The monoisotopic (exact) mass is 233 g/mol. The van der Waals surface area contributed by atoms with Crippen molar-refractivity contribution in [2.75, 3.05) is 7.05 Å². The lowest BCUT2D eigenvalue weighted by molar-refractivity contribution is -0.0938. The van der Waals surface area contributed by atoms with E-state index in [0.29, 0.717) is 17.7 Å². The summed E-state index contributed by atoms with van der Waals surface area (Å²) in [5.74, 6) is 0. The van der Waals surface area contributed by atoms with Gasteiger partial charge in [-0.25, -0.2) is 0 Å². The standard InChI is InChI=1S/C10H12F3N.C2H6/c1-7-3-4-8(10(11,12)13)5-6-9(7)14-2;1-2/h5-6,14H,1,3-4H2,2H3;1-2H3. The molecule has 0 heterocycles. The second-order valence-corrected chi connectivity index (χ2v) is 3.12. The molecule has 0 amide bonds. The van der Waals surface area contributed by atoms with Crippen LogP contribution in [0.25, 0.3) is 0 Å². The van der Waals surface area contributed by atoms with Crippen molar-refractivity contribution in [1.82, 2.24) is 5.32 Å². The van der Waals surface area contributed by atoms with Crippen molar-refractivity contribution in [3.63, 3.8) is 0 Å². The number of halogens is 3. The SMILES string of the molecule is C=C1CCC(C(F)(F)F)=CC=C1NC.CC. The van der Waals surface area contributed by atoms with Crippen LogP contribution in [-0.2, 0) is 0 Å². The lowest BCUT2D eigenvalue weighted by atomic mass is 10.1. The number of hydrogen-bond acceptors (Lipinski definition) is 1. The van der Waals surface area contributed by atoms with E-state index in [0.717, 1.165) is 6.08 Å². The van der Waals surface area contributed by atoms with Gasteiger partial charge >= 0.3 is 6.18 Å². The van der Waals surface area contributed by atoms with Crippen molar-refractivity contribution in [1.29, 1.82) is 0 Å². The highest BCUT2D eigenvalue weighted by atomic mass is 19.4. The normalized spacial score (nSPS) is 16.5. The van der Waals surface area contributed by atoms with E-state index in [1.807, 2.05) is 13.8 Å². The average Bonchev–Trinajstić information content (AvgIpc) is 2.42. The zero-order chi connectivity index (χ0) is 12.8. The predicted molar refractivity (Wildman–Crippen MR) is 61.0 cm³/mol. The van der Waals surface area contributed by atoms with Crippen molar-refractivity contribution in [2.45, 2.75) is 32.9 Å². The van der Waals surface area contributed by atoms with Gasteiger partial charge < -0.3 is 5.32 Å². The Bertz CT molecular complexity index is 298. The van der Waals surface area contributed by atoms with Crippen molar-refractivity contribution >= 4 is 0 Å². The Morgan fingerprint density at radius 2 is 1.75 bits per heavy atom. The van der Waals surface area contributed by atoms with E-state index in [1.54, 1.807) is 7.05 Å². The van der Waals surface area contributed by atoms with Crippen molar-refractivity contribution < 1.29 is 13.2 Å². The van der Waals surface area contributed by atoms with E-state index in [1.165, 1.54) is 6.08 Å². The van der Waals surface area contributed by atoms with Gasteiger partial charge in [0.15, 0.2) is 0 Å². The number of rotatable bonds is 1. The van der Waals surface area contributed by atoms with Gasteiger partial charge in [-0.1, -0.05) is 26.5 Å². The molecular weight excluding hydrogens is 215 g/mol. The second-order valence-electron chi connectivity index (χ2n) is 3.12. The maximum atomic E-state index is 12.3. The first-order valence-corrected chi connectivity index (χ1v) is 5.29. The van der Waals surface area contributed by atoms with Crippen molar-refractivity contribution in [2.24, 2.45) is 0 Å². The summed E-state index contributed by atoms with van der Waals surface area (Å²) in [6.07, 6.45) is -1.33. The van der Waals surface area contributed by atoms with E-state index in [2.05, 4.69) is 11.9 Å². The second kappa shape index (κ2) is 6.40. The summed E-state index contributed by atoms with van der Waals surface area (Å²) in [4.78, 5) is 0. The molecule has 0 aromatic rings. The molecule has 1 aliphatic carbocycles. The van der Waals surface area contributed by atoms with Crippen LogP contribution in [0.15, 0.2) is 35.6 Å². The van der Waals surface area contributed by atoms with Crippen molar-refractivity contribution in [3.8, 4) is 0 Å². The Morgan fingerprint density at radius 1 is 1.19 bits per heavy atom. The zero-order valence-corrected chi connectivity index (χ0v) is 9.91. The third-order valence-electron chi connectivity index (χ3n) is 2.16. The number of alkyl halides is 3. The molecule has 1 aliphatic rings. The van der Waals surface area contributed by atoms with Gasteiger partial charge in [-0.15, -0.1) is 0 Å². The molecule has 92 valence electrons. The molecule has 0 unspecified atom stereocenters. The predicted octanol–water partition coefficient (Wildman–Crippen LogP) is 3.95. The van der Waals surface area contributed by atoms with Gasteiger partial charge in [0.05, 0.1) is 0 Å². The summed E-state index contributed by atoms with van der Waals surface area (Å²) in [7, 11) is 1.67. The van der Waals surface area contributed by atoms with E-state index < -0.39 is 11.7 Å². The molecule has 0 atom stereocenters. The minimum atomic E-state index is -4.22. The Hall–Kier alpha value is -1.19. The largest absolute Gasteiger partial charge is 0.412 e. The van der Waals surface area contributed by atoms with Crippen molar-refractivity contribution in [3.05, 3.63) is 35.6 Å². The Labute approximate surface area is 94.7 Å². The van der Waals surface area contributed by atoms with Crippen LogP contribution in [0.2, 0.25) is 0 Å². The third-order valence-corrected chi connectivity index (χ3v) is 2.16. The quantitative estimate of drug-likeness (QED) is 0.723. The summed E-state index contributed by atoms with van der Waals surface area (Å²) >= 11 is 0. The first kappa shape index (κ1) is 14.8. The fourth-order valence-electron chi connectivity index (χ4n) is 1.30. The van der Waals surface area contributed by atoms with Crippen LogP contribution in [0.5, 0.6) is 0 Å². The maximum absolute atomic E-state index is 12.3. The van der Waals surface area contributed by atoms with E-state index >= 15 is 0 Å². The highest BCUT2D eigenvalue weighted by Crippen LogP contribution is 2.32. The molecule has 0 fully saturated rings. The maximum Gasteiger partial charge on any atom is 0.412 e. The van der Waals surface area contributed by atoms with Crippen LogP contribution in [0, 0.1) is 0 Å². The van der Waals surface area contributed by atoms with Gasteiger partial charge in [-0.2, -0.15) is 13.2 Å². The van der Waals surface area contributed by atoms with Gasteiger partial charge in [0.1, 0.15) is 0 Å². The zero-order valence-electron chi connectivity index (χ0n) is 9.91. The van der Waals surface area contributed by atoms with Gasteiger partial charge in [-0.3, -0.25) is 0 Å². The smallest absolute Gasteiger partial charge is 0.388 e. The summed E-state index contributed by atoms with van der Waals surface area (Å²) in [5, 5.41) is 2.82. The first-order valence-electron chi connectivity index (χ1n) is 5.29. The van der Waals surface area contributed by atoms with Gasteiger partial charge in [0.25, 0.3) is 0 Å². The van der Waals surface area contributed by atoms with Crippen LogP contribution >= 0.6 is 0 Å². The van der Waals surface area contributed by atoms with Crippen LogP contribution in [0.3, 0.4) is 0 Å². The lowest BCUT2D eigenvalue weighted by Crippen LogP contribution is -2.11. The minimum absolute atomic E-state index is 0.00398. The molecule has 1 rings (SSSR count). The highest BCUT2D eigenvalue weighted by molar-refractivity contribution is 5.35. The summed E-state index contributed by atoms with van der Waals surface area (Å²) in [5.41, 5.74) is 0.885. The molecule has 0 saturated carbocycles. The molecule has 0 bridgehead atoms. The molecule has 0 saturated heterocycles. The summed E-state index contributed by atoms with van der Waals surface area (Å²) in [6.45, 7) is 7.71. The fourth-order valence-corrected chi connectivity index (χ4v) is 1.30. The van der Waals surface area contributed by atoms with Crippen LogP contribution < -0.4 is 5.32 Å². The van der Waals surface area contributed by atoms with Gasteiger partial charge in [0.2, 0.25) is 0 Å². The van der Waals surface area contributed by atoms with Crippen LogP contribution in [-0.4, -0.2) is 13.2 Å². The fraction of sp³-hybridized carbons (Fsp3) is 0.500. The summed E-state index contributed by atoms with van der Waals surface area (Å²) < 4.78 is 37.0. The highest BCUT2D eigenvalue weighted by Gasteiger charge is 2.33. The van der Waals surface area contributed by atoms with Crippen LogP contribution in [0.1, 0.15) is 26.7 Å². The first-order chi connectivity index (χ1) is 7.45. The molecule has 0 radical (unpaired) electrons. The Balaban J connectivity index is 0.00000106. The third kappa shape index (κ3) is 4.13. The number of nitrogens with one attached hydrogen (secondary N) is 1. The molecule has 0 spiro atoms. The molecule has 4 heteroatoms. The van der Waals surface area contributed by atoms with E-state index in [4.69, 9.17) is 0 Å². The Morgan fingerprint density at radius 3 is 2.19 bits per heavy atom. The number of likely N-dealkylation sites (N-methyl/N-ethyl adjacent to an activating group) is 1. The topological polar surface area (TPSA) is 12.0 Å². The number of hydrogen-bond donors (Lipinski definition) is 1. The van der Waals surface area contributed by atoms with Gasteiger partial charge in [0, 0.05) is 18.3 Å². The lowest BCUT2D eigenvalue weighted by Gasteiger charge is -2.10. The van der Waals surface area contributed by atoms with Gasteiger partial charge in [-0.05, 0) is 24.5 Å².